The van der Waals surface area contributed by atoms with Gasteiger partial charge in [0.2, 0.25) is 0 Å². The summed E-state index contributed by atoms with van der Waals surface area (Å²) in [5.41, 5.74) is 3.09. The van der Waals surface area contributed by atoms with E-state index in [1.54, 1.807) is 7.11 Å². The van der Waals surface area contributed by atoms with E-state index in [0.717, 1.165) is 27.8 Å². The number of aromatic nitrogens is 1. The summed E-state index contributed by atoms with van der Waals surface area (Å²) in [6.07, 6.45) is 2.23. The molecule has 0 aliphatic rings. The maximum absolute atomic E-state index is 12.0. The van der Waals surface area contributed by atoms with Crippen LogP contribution in [0.3, 0.4) is 0 Å². The van der Waals surface area contributed by atoms with E-state index in [-0.39, 0.29) is 12.6 Å². The van der Waals surface area contributed by atoms with Crippen molar-refractivity contribution in [3.8, 4) is 5.75 Å². The second-order valence-electron chi connectivity index (χ2n) is 6.01. The molecule has 0 radical (unpaired) electrons. The van der Waals surface area contributed by atoms with Crippen molar-refractivity contribution in [1.82, 2.24) is 10.3 Å². The van der Waals surface area contributed by atoms with Crippen molar-refractivity contribution in [3.63, 3.8) is 0 Å². The zero-order chi connectivity index (χ0) is 17.6. The number of carbonyl (C=O) groups excluding carboxylic acids is 1. The molecule has 130 valence electrons. The molecule has 0 fully saturated rings. The first-order valence-corrected chi connectivity index (χ1v) is 8.27. The van der Waals surface area contributed by atoms with E-state index < -0.39 is 6.09 Å². The number of benzene rings is 2. The Balaban J connectivity index is 1.59. The second kappa shape index (κ2) is 7.75. The van der Waals surface area contributed by atoms with Gasteiger partial charge in [-0.1, -0.05) is 36.4 Å². The molecule has 0 saturated carbocycles. The van der Waals surface area contributed by atoms with Crippen LogP contribution in [-0.4, -0.2) is 24.2 Å². The molecule has 1 amide bonds. The molecule has 0 aliphatic heterocycles. The third kappa shape index (κ3) is 4.12. The van der Waals surface area contributed by atoms with Gasteiger partial charge in [-0.05, 0) is 36.6 Å². The average Bonchev–Trinajstić information content (AvgIpc) is 3.04. The van der Waals surface area contributed by atoms with Crippen molar-refractivity contribution < 1.29 is 14.3 Å². The van der Waals surface area contributed by atoms with E-state index in [9.17, 15) is 4.79 Å². The monoisotopic (exact) mass is 338 g/mol. The van der Waals surface area contributed by atoms with Crippen LogP contribution in [0.5, 0.6) is 5.75 Å². The number of hydrogen-bond acceptors (Lipinski definition) is 3. The number of ether oxygens (including phenoxy) is 2. The Morgan fingerprint density at radius 2 is 1.96 bits per heavy atom. The van der Waals surface area contributed by atoms with Crippen LogP contribution < -0.4 is 10.1 Å². The number of H-pyrrole nitrogens is 1. The van der Waals surface area contributed by atoms with E-state index in [2.05, 4.69) is 10.3 Å². The van der Waals surface area contributed by atoms with Gasteiger partial charge in [0.1, 0.15) is 12.4 Å². The smallest absolute Gasteiger partial charge is 0.407 e. The Bertz CT molecular complexity index is 843. The average molecular weight is 338 g/mol. The zero-order valence-electron chi connectivity index (χ0n) is 14.4. The topological polar surface area (TPSA) is 63.3 Å². The first-order chi connectivity index (χ1) is 12.2. The van der Waals surface area contributed by atoms with Crippen LogP contribution in [0, 0.1) is 0 Å². The highest BCUT2D eigenvalue weighted by Crippen LogP contribution is 2.29. The van der Waals surface area contributed by atoms with Gasteiger partial charge in [-0.3, -0.25) is 0 Å². The number of carbonyl (C=O) groups is 1. The Morgan fingerprint density at radius 3 is 2.72 bits per heavy atom. The number of methoxy groups -OCH3 is 1. The number of amides is 1. The fraction of sp³-hybridized carbons (Fsp3) is 0.250. The standard InChI is InChI=1S/C20H22N2O3/c1-14(22-20(23)25-13-15-7-4-3-5-8-15)11-16-12-21-17-9-6-10-18(24-2)19(16)17/h3-10,12,14,21H,11,13H2,1-2H3,(H,22,23)/t14-/m1/s1. The lowest BCUT2D eigenvalue weighted by Gasteiger charge is -2.14. The number of nitrogens with one attached hydrogen (secondary N) is 2. The molecule has 0 spiro atoms. The van der Waals surface area contributed by atoms with E-state index in [4.69, 9.17) is 9.47 Å². The summed E-state index contributed by atoms with van der Waals surface area (Å²) in [6.45, 7) is 2.22. The summed E-state index contributed by atoms with van der Waals surface area (Å²) >= 11 is 0. The first-order valence-electron chi connectivity index (χ1n) is 8.27. The third-order valence-corrected chi connectivity index (χ3v) is 4.07. The highest BCUT2D eigenvalue weighted by molar-refractivity contribution is 5.89. The molecule has 5 heteroatoms. The van der Waals surface area contributed by atoms with Gasteiger partial charge in [-0.2, -0.15) is 0 Å². The van der Waals surface area contributed by atoms with Crippen molar-refractivity contribution >= 4 is 17.0 Å². The molecule has 1 aromatic heterocycles. The molecule has 1 atom stereocenters. The number of hydrogen-bond donors (Lipinski definition) is 2. The number of fused-ring (bicyclic) bond motifs is 1. The van der Waals surface area contributed by atoms with Gasteiger partial charge < -0.3 is 19.8 Å². The first kappa shape index (κ1) is 16.9. The number of rotatable bonds is 6. The van der Waals surface area contributed by atoms with Crippen molar-refractivity contribution in [2.24, 2.45) is 0 Å². The van der Waals surface area contributed by atoms with Crippen molar-refractivity contribution in [3.05, 3.63) is 65.9 Å². The Labute approximate surface area is 147 Å². The highest BCUT2D eigenvalue weighted by atomic mass is 16.5. The van der Waals surface area contributed by atoms with Crippen molar-refractivity contribution in [2.75, 3.05) is 7.11 Å². The quantitative estimate of drug-likeness (QED) is 0.713. The van der Waals surface area contributed by atoms with Gasteiger partial charge in [0.15, 0.2) is 0 Å². The minimum absolute atomic E-state index is 0.0628. The van der Waals surface area contributed by atoms with Crippen LogP contribution in [-0.2, 0) is 17.8 Å². The minimum atomic E-state index is -0.414. The minimum Gasteiger partial charge on any atom is -0.496 e. The molecular weight excluding hydrogens is 316 g/mol. The van der Waals surface area contributed by atoms with Gasteiger partial charge in [0.05, 0.1) is 7.11 Å². The van der Waals surface area contributed by atoms with E-state index >= 15 is 0 Å². The second-order valence-corrected chi connectivity index (χ2v) is 6.01. The van der Waals surface area contributed by atoms with E-state index in [0.29, 0.717) is 6.42 Å². The van der Waals surface area contributed by atoms with Crippen molar-refractivity contribution in [1.29, 1.82) is 0 Å². The predicted octanol–water partition coefficient (Wildman–Crippen LogP) is 4.03. The fourth-order valence-electron chi connectivity index (χ4n) is 2.90. The summed E-state index contributed by atoms with van der Waals surface area (Å²) in [6, 6.07) is 15.5. The maximum Gasteiger partial charge on any atom is 0.407 e. The van der Waals surface area contributed by atoms with Gasteiger partial charge >= 0.3 is 6.09 Å². The molecule has 3 rings (SSSR count). The molecule has 2 N–H and O–H groups in total. The van der Waals surface area contributed by atoms with Crippen LogP contribution in [0.2, 0.25) is 0 Å². The lowest BCUT2D eigenvalue weighted by Crippen LogP contribution is -2.34. The lowest BCUT2D eigenvalue weighted by atomic mass is 10.1. The van der Waals surface area contributed by atoms with Crippen LogP contribution in [0.1, 0.15) is 18.1 Å². The Hall–Kier alpha value is -2.95. The molecule has 0 bridgehead atoms. The largest absolute Gasteiger partial charge is 0.496 e. The summed E-state index contributed by atoms with van der Waals surface area (Å²) in [4.78, 5) is 15.2. The molecule has 5 nitrogen and oxygen atoms in total. The number of aromatic amines is 1. The van der Waals surface area contributed by atoms with E-state index in [1.165, 1.54) is 0 Å². The van der Waals surface area contributed by atoms with Crippen molar-refractivity contribution in [2.45, 2.75) is 26.0 Å². The lowest BCUT2D eigenvalue weighted by molar-refractivity contribution is 0.136. The Kier molecular flexibility index (Phi) is 5.23. The highest BCUT2D eigenvalue weighted by Gasteiger charge is 2.14. The van der Waals surface area contributed by atoms with Crippen LogP contribution in [0.25, 0.3) is 10.9 Å². The fourth-order valence-corrected chi connectivity index (χ4v) is 2.90. The summed E-state index contributed by atoms with van der Waals surface area (Å²) in [5.74, 6) is 0.826. The molecule has 25 heavy (non-hydrogen) atoms. The Morgan fingerprint density at radius 1 is 1.16 bits per heavy atom. The van der Waals surface area contributed by atoms with Crippen LogP contribution in [0.15, 0.2) is 54.7 Å². The predicted molar refractivity (Wildman–Crippen MR) is 97.8 cm³/mol. The summed E-state index contributed by atoms with van der Waals surface area (Å²) in [5, 5.41) is 3.93. The van der Waals surface area contributed by atoms with Gasteiger partial charge in [0, 0.05) is 23.1 Å². The van der Waals surface area contributed by atoms with Gasteiger partial charge in [0.25, 0.3) is 0 Å². The molecule has 2 aromatic carbocycles. The van der Waals surface area contributed by atoms with Gasteiger partial charge in [-0.15, -0.1) is 0 Å². The van der Waals surface area contributed by atoms with Crippen LogP contribution in [0.4, 0.5) is 4.79 Å². The molecule has 0 saturated heterocycles. The molecular formula is C20H22N2O3. The third-order valence-electron chi connectivity index (χ3n) is 4.07. The van der Waals surface area contributed by atoms with Crippen LogP contribution >= 0.6 is 0 Å². The van der Waals surface area contributed by atoms with Gasteiger partial charge in [-0.25, -0.2) is 4.79 Å². The number of alkyl carbamates (subject to hydrolysis) is 1. The SMILES string of the molecule is COc1cccc2[nH]cc(C[C@@H](C)NC(=O)OCc3ccccc3)c12. The molecule has 0 aliphatic carbocycles. The zero-order valence-corrected chi connectivity index (χ0v) is 14.4. The summed E-state index contributed by atoms with van der Waals surface area (Å²) in [7, 11) is 1.66. The maximum atomic E-state index is 12.0. The summed E-state index contributed by atoms with van der Waals surface area (Å²) < 4.78 is 10.7. The molecule has 1 heterocycles. The molecule has 0 unspecified atom stereocenters. The van der Waals surface area contributed by atoms with E-state index in [1.807, 2.05) is 61.7 Å². The normalized spacial score (nSPS) is 11.9. The molecule has 3 aromatic rings.